The maximum Gasteiger partial charge on any atom is 0.256 e. The fourth-order valence-corrected chi connectivity index (χ4v) is 4.63. The second kappa shape index (κ2) is 7.84. The van der Waals surface area contributed by atoms with E-state index in [9.17, 15) is 4.79 Å². The fourth-order valence-electron chi connectivity index (χ4n) is 2.84. The molecule has 27 heavy (non-hydrogen) atoms. The van der Waals surface area contributed by atoms with E-state index in [0.717, 1.165) is 15.6 Å². The number of rotatable bonds is 5. The largest absolute Gasteiger partial charge is 0.467 e. The van der Waals surface area contributed by atoms with Gasteiger partial charge in [-0.1, -0.05) is 46.8 Å². The molecule has 0 aliphatic carbocycles. The Morgan fingerprint density at radius 1 is 1.37 bits per heavy atom. The van der Waals surface area contributed by atoms with Crippen LogP contribution < -0.4 is 0 Å². The molecule has 6 nitrogen and oxygen atoms in total. The van der Waals surface area contributed by atoms with E-state index in [1.165, 1.54) is 28.1 Å². The number of amides is 1. The topological polar surface area (TPSA) is 71.6 Å². The normalized spacial score (nSPS) is 17.8. The lowest BCUT2D eigenvalue weighted by Crippen LogP contribution is -2.33. The number of aromatic nitrogens is 2. The van der Waals surface area contributed by atoms with Gasteiger partial charge in [-0.25, -0.2) is 5.01 Å². The Kier molecular flexibility index (Phi) is 5.29. The van der Waals surface area contributed by atoms with Crippen molar-refractivity contribution in [1.82, 2.24) is 15.2 Å². The Morgan fingerprint density at radius 2 is 2.19 bits per heavy atom. The van der Waals surface area contributed by atoms with Gasteiger partial charge in [0.25, 0.3) is 5.91 Å². The molecule has 4 rings (SSSR count). The molecule has 1 aromatic carbocycles. The minimum atomic E-state index is -0.344. The number of nitrogens with zero attached hydrogens (tertiary/aromatic N) is 4. The molecule has 2 aromatic heterocycles. The molecule has 1 amide bonds. The number of benzene rings is 1. The quantitative estimate of drug-likeness (QED) is 0.564. The van der Waals surface area contributed by atoms with Gasteiger partial charge in [0.15, 0.2) is 4.34 Å². The lowest BCUT2D eigenvalue weighted by Gasteiger charge is -2.22. The van der Waals surface area contributed by atoms with Crippen molar-refractivity contribution in [3.8, 4) is 0 Å². The van der Waals surface area contributed by atoms with Crippen molar-refractivity contribution in [2.45, 2.75) is 29.0 Å². The van der Waals surface area contributed by atoms with Crippen LogP contribution >= 0.6 is 34.7 Å². The molecule has 0 saturated heterocycles. The predicted octanol–water partition coefficient (Wildman–Crippen LogP) is 4.64. The fraction of sp³-hybridized carbons (Fsp3) is 0.222. The first-order valence-electron chi connectivity index (χ1n) is 8.24. The summed E-state index contributed by atoms with van der Waals surface area (Å²) < 4.78 is 6.33. The monoisotopic (exact) mass is 418 g/mol. The molecule has 0 saturated carbocycles. The summed E-state index contributed by atoms with van der Waals surface area (Å²) in [7, 11) is 0. The standard InChI is InChI=1S/C18H15ClN4O2S2/c1-11(27-18-21-20-10-26-18)17(24)23-15(16-3-2-8-25-16)9-14(22-23)12-4-6-13(19)7-5-12/h2-8,10-11,15H,9H2,1H3. The van der Waals surface area contributed by atoms with Crippen LogP contribution in [-0.2, 0) is 4.79 Å². The van der Waals surface area contributed by atoms with Gasteiger partial charge in [-0.05, 0) is 36.8 Å². The van der Waals surface area contributed by atoms with Crippen LogP contribution in [0.3, 0.4) is 0 Å². The SMILES string of the molecule is CC(Sc1nncs1)C(=O)N1N=C(c2ccc(Cl)cc2)CC1c1ccco1. The van der Waals surface area contributed by atoms with Crippen molar-refractivity contribution in [3.05, 3.63) is 64.5 Å². The van der Waals surface area contributed by atoms with E-state index in [2.05, 4.69) is 15.3 Å². The van der Waals surface area contributed by atoms with E-state index in [0.29, 0.717) is 17.2 Å². The van der Waals surface area contributed by atoms with Crippen LogP contribution in [0.25, 0.3) is 0 Å². The third-order valence-corrected chi connectivity index (χ3v) is 6.30. The Hall–Kier alpha value is -2.16. The first-order valence-corrected chi connectivity index (χ1v) is 10.4. The lowest BCUT2D eigenvalue weighted by molar-refractivity contribution is -0.132. The second-order valence-corrected chi connectivity index (χ2v) is 8.79. The Morgan fingerprint density at radius 3 is 2.85 bits per heavy atom. The van der Waals surface area contributed by atoms with Crippen molar-refractivity contribution in [2.24, 2.45) is 5.10 Å². The number of furan rings is 1. The van der Waals surface area contributed by atoms with Crippen LogP contribution in [0.1, 0.15) is 30.7 Å². The van der Waals surface area contributed by atoms with E-state index in [1.807, 2.05) is 43.3 Å². The van der Waals surface area contributed by atoms with E-state index >= 15 is 0 Å². The van der Waals surface area contributed by atoms with Crippen LogP contribution in [0.5, 0.6) is 0 Å². The molecule has 0 radical (unpaired) electrons. The van der Waals surface area contributed by atoms with Gasteiger partial charge in [0, 0.05) is 11.4 Å². The highest BCUT2D eigenvalue weighted by atomic mass is 35.5. The number of carbonyl (C=O) groups excluding carboxylic acids is 1. The second-order valence-electron chi connectivity index (χ2n) is 5.94. The minimum absolute atomic E-state index is 0.0967. The van der Waals surface area contributed by atoms with Crippen LogP contribution in [0.15, 0.2) is 62.0 Å². The molecule has 0 spiro atoms. The maximum absolute atomic E-state index is 13.1. The van der Waals surface area contributed by atoms with Gasteiger partial charge in [-0.3, -0.25) is 4.79 Å². The van der Waals surface area contributed by atoms with E-state index in [4.69, 9.17) is 16.0 Å². The molecule has 0 bridgehead atoms. The zero-order chi connectivity index (χ0) is 18.8. The van der Waals surface area contributed by atoms with E-state index in [1.54, 1.807) is 11.8 Å². The predicted molar refractivity (Wildman–Crippen MR) is 106 cm³/mol. The average molecular weight is 419 g/mol. The molecule has 0 N–H and O–H groups in total. The third kappa shape index (κ3) is 3.92. The van der Waals surface area contributed by atoms with Gasteiger partial charge in [0.05, 0.1) is 17.2 Å². The first-order chi connectivity index (χ1) is 13.1. The summed E-state index contributed by atoms with van der Waals surface area (Å²) in [4.78, 5) is 13.1. The van der Waals surface area contributed by atoms with Crippen molar-refractivity contribution in [2.75, 3.05) is 0 Å². The average Bonchev–Trinajstić information content (AvgIpc) is 3.42. The summed E-state index contributed by atoms with van der Waals surface area (Å²) in [5, 5.41) is 14.3. The van der Waals surface area contributed by atoms with Gasteiger partial charge in [-0.15, -0.1) is 10.2 Å². The molecular weight excluding hydrogens is 404 g/mol. The van der Waals surface area contributed by atoms with Gasteiger partial charge in [0.1, 0.15) is 17.3 Å². The van der Waals surface area contributed by atoms with E-state index in [-0.39, 0.29) is 17.2 Å². The smallest absolute Gasteiger partial charge is 0.256 e. The molecule has 9 heteroatoms. The van der Waals surface area contributed by atoms with Crippen LogP contribution in [0.2, 0.25) is 5.02 Å². The zero-order valence-electron chi connectivity index (χ0n) is 14.3. The Balaban J connectivity index is 1.61. The van der Waals surface area contributed by atoms with Crippen molar-refractivity contribution in [3.63, 3.8) is 0 Å². The molecule has 0 fully saturated rings. The summed E-state index contributed by atoms with van der Waals surface area (Å²) in [6.07, 6.45) is 2.19. The van der Waals surface area contributed by atoms with Gasteiger partial charge >= 0.3 is 0 Å². The summed E-state index contributed by atoms with van der Waals surface area (Å²) >= 11 is 8.78. The molecule has 1 aliphatic heterocycles. The number of halogens is 1. The molecule has 3 heterocycles. The van der Waals surface area contributed by atoms with Crippen molar-refractivity contribution >= 4 is 46.3 Å². The van der Waals surface area contributed by atoms with Gasteiger partial charge in [-0.2, -0.15) is 5.10 Å². The van der Waals surface area contributed by atoms with Crippen LogP contribution in [0.4, 0.5) is 0 Å². The molecule has 2 atom stereocenters. The van der Waals surface area contributed by atoms with Crippen molar-refractivity contribution < 1.29 is 9.21 Å². The third-order valence-electron chi connectivity index (χ3n) is 4.15. The van der Waals surface area contributed by atoms with Gasteiger partial charge < -0.3 is 4.42 Å². The first kappa shape index (κ1) is 18.2. The van der Waals surface area contributed by atoms with Crippen molar-refractivity contribution in [1.29, 1.82) is 0 Å². The van der Waals surface area contributed by atoms with E-state index < -0.39 is 0 Å². The number of hydrogen-bond donors (Lipinski definition) is 0. The van der Waals surface area contributed by atoms with Crippen LogP contribution in [-0.4, -0.2) is 32.1 Å². The summed E-state index contributed by atoms with van der Waals surface area (Å²) in [6, 6.07) is 10.9. The summed E-state index contributed by atoms with van der Waals surface area (Å²) in [6.45, 7) is 1.85. The minimum Gasteiger partial charge on any atom is -0.467 e. The lowest BCUT2D eigenvalue weighted by atomic mass is 10.0. The van der Waals surface area contributed by atoms with Gasteiger partial charge in [0.2, 0.25) is 0 Å². The highest BCUT2D eigenvalue weighted by molar-refractivity contribution is 8.02. The number of thioether (sulfide) groups is 1. The Bertz CT molecular complexity index is 942. The highest BCUT2D eigenvalue weighted by Gasteiger charge is 2.37. The zero-order valence-corrected chi connectivity index (χ0v) is 16.7. The maximum atomic E-state index is 13.1. The molecule has 138 valence electrons. The highest BCUT2D eigenvalue weighted by Crippen LogP contribution is 2.36. The summed E-state index contributed by atoms with van der Waals surface area (Å²) in [5.41, 5.74) is 3.42. The Labute approximate surface area is 169 Å². The number of hydrazone groups is 1. The molecule has 3 aromatic rings. The summed E-state index contributed by atoms with van der Waals surface area (Å²) in [5.74, 6) is 0.616. The van der Waals surface area contributed by atoms with Crippen LogP contribution in [0, 0.1) is 0 Å². The number of hydrogen-bond acceptors (Lipinski definition) is 7. The molecule has 2 unspecified atom stereocenters. The molecular formula is C18H15ClN4O2S2. The molecule has 1 aliphatic rings. The number of carbonyl (C=O) groups is 1.